The zero-order valence-electron chi connectivity index (χ0n) is 14.9. The second-order valence-electron chi connectivity index (χ2n) is 8.54. The van der Waals surface area contributed by atoms with Gasteiger partial charge in [0.2, 0.25) is 11.8 Å². The van der Waals surface area contributed by atoms with Gasteiger partial charge in [-0.3, -0.25) is 9.59 Å². The van der Waals surface area contributed by atoms with Crippen molar-refractivity contribution in [3.63, 3.8) is 0 Å². The highest BCUT2D eigenvalue weighted by Gasteiger charge is 2.49. The average molecular weight is 327 g/mol. The van der Waals surface area contributed by atoms with Gasteiger partial charge in [-0.15, -0.1) is 11.8 Å². The third kappa shape index (κ3) is 3.29. The fraction of sp³-hybridized carbons (Fsp3) is 0.882. The summed E-state index contributed by atoms with van der Waals surface area (Å²) < 4.78 is 0. The summed E-state index contributed by atoms with van der Waals surface area (Å²) in [5, 5.41) is 0. The Kier molecular flexibility index (Phi) is 4.60. The number of carbonyl (C=O) groups excluding carboxylic acids is 2. The van der Waals surface area contributed by atoms with Gasteiger partial charge >= 0.3 is 0 Å². The van der Waals surface area contributed by atoms with Crippen molar-refractivity contribution in [3.05, 3.63) is 0 Å². The zero-order valence-corrected chi connectivity index (χ0v) is 15.7. The summed E-state index contributed by atoms with van der Waals surface area (Å²) in [6.45, 7) is 14.2. The van der Waals surface area contributed by atoms with Gasteiger partial charge in [0.15, 0.2) is 0 Å². The Morgan fingerprint density at radius 2 is 1.36 bits per heavy atom. The highest BCUT2D eigenvalue weighted by Crippen LogP contribution is 2.45. The lowest BCUT2D eigenvalue weighted by Crippen LogP contribution is -2.56. The number of thioether (sulfide) groups is 1. The SMILES string of the molecule is CC(C)(C)C(=O)N1CCC2(CC1)SCCN2C(=O)C(C)(C)C. The summed E-state index contributed by atoms with van der Waals surface area (Å²) >= 11 is 1.91. The molecule has 2 aliphatic rings. The molecule has 0 aromatic heterocycles. The number of piperidine rings is 1. The van der Waals surface area contributed by atoms with E-state index in [1.54, 1.807) is 0 Å². The molecule has 0 aromatic carbocycles. The first-order valence-electron chi connectivity index (χ1n) is 8.23. The number of carbonyl (C=O) groups is 2. The minimum Gasteiger partial charge on any atom is -0.342 e. The van der Waals surface area contributed by atoms with Crippen molar-refractivity contribution in [2.24, 2.45) is 10.8 Å². The Morgan fingerprint density at radius 3 is 1.82 bits per heavy atom. The molecule has 0 atom stereocenters. The van der Waals surface area contributed by atoms with E-state index in [1.165, 1.54) is 0 Å². The van der Waals surface area contributed by atoms with Gasteiger partial charge in [-0.2, -0.15) is 0 Å². The fourth-order valence-corrected chi connectivity index (χ4v) is 4.70. The van der Waals surface area contributed by atoms with Crippen molar-refractivity contribution in [2.75, 3.05) is 25.4 Å². The maximum absolute atomic E-state index is 12.7. The predicted octanol–water partition coefficient (Wildman–Crippen LogP) is 2.97. The molecule has 2 amide bonds. The summed E-state index contributed by atoms with van der Waals surface area (Å²) in [6.07, 6.45) is 1.78. The van der Waals surface area contributed by atoms with Crippen molar-refractivity contribution >= 4 is 23.6 Å². The molecule has 4 nitrogen and oxygen atoms in total. The quantitative estimate of drug-likeness (QED) is 0.687. The highest BCUT2D eigenvalue weighted by molar-refractivity contribution is 8.00. The monoisotopic (exact) mass is 326 g/mol. The molecule has 2 saturated heterocycles. The number of hydrogen-bond acceptors (Lipinski definition) is 3. The van der Waals surface area contributed by atoms with Gasteiger partial charge in [0.25, 0.3) is 0 Å². The van der Waals surface area contributed by atoms with E-state index in [4.69, 9.17) is 0 Å². The molecule has 22 heavy (non-hydrogen) atoms. The summed E-state index contributed by atoms with van der Waals surface area (Å²) in [6, 6.07) is 0. The van der Waals surface area contributed by atoms with Crippen LogP contribution < -0.4 is 0 Å². The van der Waals surface area contributed by atoms with Gasteiger partial charge in [0.1, 0.15) is 0 Å². The van der Waals surface area contributed by atoms with Gasteiger partial charge in [0.05, 0.1) is 4.87 Å². The van der Waals surface area contributed by atoms with Crippen LogP contribution in [0.3, 0.4) is 0 Å². The van der Waals surface area contributed by atoms with Crippen LogP contribution in [0.15, 0.2) is 0 Å². The van der Waals surface area contributed by atoms with E-state index in [2.05, 4.69) is 4.90 Å². The molecule has 2 rings (SSSR count). The molecule has 2 heterocycles. The van der Waals surface area contributed by atoms with Crippen LogP contribution in [-0.2, 0) is 9.59 Å². The lowest BCUT2D eigenvalue weighted by atomic mass is 9.90. The van der Waals surface area contributed by atoms with E-state index >= 15 is 0 Å². The summed E-state index contributed by atoms with van der Waals surface area (Å²) in [4.78, 5) is 29.2. The second-order valence-corrected chi connectivity index (χ2v) is 10.0. The summed E-state index contributed by atoms with van der Waals surface area (Å²) in [5.74, 6) is 1.47. The van der Waals surface area contributed by atoms with Crippen molar-refractivity contribution < 1.29 is 9.59 Å². The van der Waals surface area contributed by atoms with Gasteiger partial charge in [-0.25, -0.2) is 0 Å². The van der Waals surface area contributed by atoms with Gasteiger partial charge in [-0.1, -0.05) is 41.5 Å². The Morgan fingerprint density at radius 1 is 0.864 bits per heavy atom. The van der Waals surface area contributed by atoms with Crippen LogP contribution in [0.1, 0.15) is 54.4 Å². The van der Waals surface area contributed by atoms with Gasteiger partial charge in [-0.05, 0) is 12.8 Å². The zero-order chi connectivity index (χ0) is 16.8. The first kappa shape index (κ1) is 17.6. The predicted molar refractivity (Wildman–Crippen MR) is 91.6 cm³/mol. The van der Waals surface area contributed by atoms with E-state index in [9.17, 15) is 9.59 Å². The molecule has 0 aromatic rings. The average Bonchev–Trinajstić information content (AvgIpc) is 2.79. The molecule has 2 aliphatic heterocycles. The van der Waals surface area contributed by atoms with Crippen LogP contribution in [0, 0.1) is 10.8 Å². The van der Waals surface area contributed by atoms with Gasteiger partial charge < -0.3 is 9.80 Å². The summed E-state index contributed by atoms with van der Waals surface area (Å²) in [7, 11) is 0. The number of rotatable bonds is 0. The van der Waals surface area contributed by atoms with E-state index in [1.807, 2.05) is 58.2 Å². The first-order chi connectivity index (χ1) is 9.97. The Hall–Kier alpha value is -0.710. The maximum atomic E-state index is 12.7. The molecule has 0 unspecified atom stereocenters. The molecule has 0 saturated carbocycles. The number of amides is 2. The maximum Gasteiger partial charge on any atom is 0.229 e. The Bertz CT molecular complexity index is 454. The topological polar surface area (TPSA) is 40.6 Å². The molecular formula is C17H30N2O2S. The number of likely N-dealkylation sites (tertiary alicyclic amines) is 1. The van der Waals surface area contributed by atoms with Crippen LogP contribution in [0.5, 0.6) is 0 Å². The van der Waals surface area contributed by atoms with E-state index in [0.29, 0.717) is 0 Å². The lowest BCUT2D eigenvalue weighted by Gasteiger charge is -2.46. The minimum atomic E-state index is -0.337. The molecule has 1 spiro atoms. The number of nitrogens with zero attached hydrogens (tertiary/aromatic N) is 2. The number of hydrogen-bond donors (Lipinski definition) is 0. The standard InChI is InChI=1S/C17H30N2O2S/c1-15(2,3)13(20)18-9-7-17(8-10-18)19(11-12-22-17)14(21)16(4,5)6/h7-12H2,1-6H3. The van der Waals surface area contributed by atoms with Crippen molar-refractivity contribution in [3.8, 4) is 0 Å². The normalized spacial score (nSPS) is 22.3. The van der Waals surface area contributed by atoms with Crippen LogP contribution in [0.25, 0.3) is 0 Å². The smallest absolute Gasteiger partial charge is 0.229 e. The van der Waals surface area contributed by atoms with Crippen LogP contribution >= 0.6 is 11.8 Å². The summed E-state index contributed by atoms with van der Waals surface area (Å²) in [5.41, 5.74) is -0.662. The van der Waals surface area contributed by atoms with E-state index in [0.717, 1.165) is 38.2 Å². The second kappa shape index (κ2) is 5.73. The van der Waals surface area contributed by atoms with Gasteiger partial charge in [0, 0.05) is 36.2 Å². The molecule has 0 bridgehead atoms. The fourth-order valence-electron chi connectivity index (χ4n) is 3.25. The molecule has 0 N–H and O–H groups in total. The molecular weight excluding hydrogens is 296 g/mol. The largest absolute Gasteiger partial charge is 0.342 e. The molecule has 126 valence electrons. The molecule has 0 radical (unpaired) electrons. The van der Waals surface area contributed by atoms with Crippen molar-refractivity contribution in [2.45, 2.75) is 59.3 Å². The molecule has 0 aliphatic carbocycles. The minimum absolute atomic E-state index is 0.0843. The Labute approximate surface area is 139 Å². The molecule has 2 fully saturated rings. The molecule has 5 heteroatoms. The lowest BCUT2D eigenvalue weighted by molar-refractivity contribution is -0.146. The van der Waals surface area contributed by atoms with Crippen LogP contribution in [-0.4, -0.2) is 51.9 Å². The van der Waals surface area contributed by atoms with E-state index in [-0.39, 0.29) is 27.5 Å². The van der Waals surface area contributed by atoms with E-state index < -0.39 is 0 Å². The third-order valence-electron chi connectivity index (χ3n) is 4.54. The Balaban J connectivity index is 2.08. The third-order valence-corrected chi connectivity index (χ3v) is 6.09. The van der Waals surface area contributed by atoms with Crippen LogP contribution in [0.2, 0.25) is 0 Å². The highest BCUT2D eigenvalue weighted by atomic mass is 32.2. The van der Waals surface area contributed by atoms with Crippen molar-refractivity contribution in [1.82, 2.24) is 9.80 Å². The van der Waals surface area contributed by atoms with Crippen molar-refractivity contribution in [1.29, 1.82) is 0 Å². The first-order valence-corrected chi connectivity index (χ1v) is 9.21. The van der Waals surface area contributed by atoms with Crippen LogP contribution in [0.4, 0.5) is 0 Å².